The van der Waals surface area contributed by atoms with Crippen LogP contribution in [0, 0.1) is 0 Å². The minimum absolute atomic E-state index is 0.213. The number of rotatable bonds is 4. The summed E-state index contributed by atoms with van der Waals surface area (Å²) in [4.78, 5) is 0. The first kappa shape index (κ1) is 12.4. The SMILES string of the molecule is COc1ccc(CN[C@@H]2CCC[C@@]2(C)O)cc1. The van der Waals surface area contributed by atoms with E-state index in [0.717, 1.165) is 31.6 Å². The van der Waals surface area contributed by atoms with Gasteiger partial charge in [-0.1, -0.05) is 12.1 Å². The van der Waals surface area contributed by atoms with Crippen molar-refractivity contribution in [1.29, 1.82) is 0 Å². The molecule has 2 N–H and O–H groups in total. The molecule has 1 aliphatic rings. The van der Waals surface area contributed by atoms with Crippen LogP contribution < -0.4 is 10.1 Å². The van der Waals surface area contributed by atoms with Gasteiger partial charge in [-0.25, -0.2) is 0 Å². The Hall–Kier alpha value is -1.06. The maximum absolute atomic E-state index is 10.1. The second-order valence-electron chi connectivity index (χ2n) is 5.03. The van der Waals surface area contributed by atoms with Crippen LogP contribution in [0.3, 0.4) is 0 Å². The van der Waals surface area contributed by atoms with Gasteiger partial charge in [-0.3, -0.25) is 0 Å². The molecule has 2 rings (SSSR count). The van der Waals surface area contributed by atoms with Crippen molar-refractivity contribution < 1.29 is 9.84 Å². The lowest BCUT2D eigenvalue weighted by Gasteiger charge is -2.26. The maximum Gasteiger partial charge on any atom is 0.118 e. The maximum atomic E-state index is 10.1. The van der Waals surface area contributed by atoms with Crippen LogP contribution >= 0.6 is 0 Å². The van der Waals surface area contributed by atoms with Crippen molar-refractivity contribution in [3.8, 4) is 5.75 Å². The summed E-state index contributed by atoms with van der Waals surface area (Å²) >= 11 is 0. The molecular formula is C14H21NO2. The minimum Gasteiger partial charge on any atom is -0.497 e. The Morgan fingerprint density at radius 3 is 2.65 bits per heavy atom. The molecule has 0 radical (unpaired) electrons. The third-order valence-corrected chi connectivity index (χ3v) is 3.64. The molecule has 0 heterocycles. The fraction of sp³-hybridized carbons (Fsp3) is 0.571. The van der Waals surface area contributed by atoms with Gasteiger partial charge in [0, 0.05) is 12.6 Å². The Bertz CT molecular complexity index is 359. The third-order valence-electron chi connectivity index (χ3n) is 3.64. The summed E-state index contributed by atoms with van der Waals surface area (Å²) in [6.07, 6.45) is 3.06. The van der Waals surface area contributed by atoms with Crippen LogP contribution in [0.2, 0.25) is 0 Å². The summed E-state index contributed by atoms with van der Waals surface area (Å²) in [5.41, 5.74) is 0.667. The summed E-state index contributed by atoms with van der Waals surface area (Å²) in [6, 6.07) is 8.24. The lowest BCUT2D eigenvalue weighted by molar-refractivity contribution is 0.0387. The van der Waals surface area contributed by atoms with E-state index in [1.165, 1.54) is 5.56 Å². The van der Waals surface area contributed by atoms with E-state index in [1.807, 2.05) is 19.1 Å². The molecule has 3 heteroatoms. The minimum atomic E-state index is -0.549. The Labute approximate surface area is 103 Å². The molecule has 1 aromatic carbocycles. The Morgan fingerprint density at radius 1 is 1.41 bits per heavy atom. The zero-order valence-corrected chi connectivity index (χ0v) is 10.6. The van der Waals surface area contributed by atoms with Crippen LogP contribution in [0.15, 0.2) is 24.3 Å². The number of nitrogens with one attached hydrogen (secondary N) is 1. The highest BCUT2D eigenvalue weighted by Gasteiger charge is 2.36. The quantitative estimate of drug-likeness (QED) is 0.839. The van der Waals surface area contributed by atoms with Gasteiger partial charge in [-0.2, -0.15) is 0 Å². The number of ether oxygens (including phenoxy) is 1. The van der Waals surface area contributed by atoms with E-state index < -0.39 is 5.60 Å². The second kappa shape index (κ2) is 5.07. The van der Waals surface area contributed by atoms with Crippen molar-refractivity contribution in [3.63, 3.8) is 0 Å². The van der Waals surface area contributed by atoms with Crippen molar-refractivity contribution in [1.82, 2.24) is 5.32 Å². The van der Waals surface area contributed by atoms with Gasteiger partial charge in [-0.15, -0.1) is 0 Å². The van der Waals surface area contributed by atoms with Gasteiger partial charge in [0.2, 0.25) is 0 Å². The van der Waals surface area contributed by atoms with Crippen LogP contribution in [0.4, 0.5) is 0 Å². The second-order valence-corrected chi connectivity index (χ2v) is 5.03. The zero-order valence-electron chi connectivity index (χ0n) is 10.6. The highest BCUT2D eigenvalue weighted by atomic mass is 16.5. The van der Waals surface area contributed by atoms with Gasteiger partial charge in [-0.05, 0) is 43.9 Å². The molecule has 0 spiro atoms. The van der Waals surface area contributed by atoms with E-state index >= 15 is 0 Å². The predicted octanol–water partition coefficient (Wildman–Crippen LogP) is 2.09. The zero-order chi connectivity index (χ0) is 12.3. The smallest absolute Gasteiger partial charge is 0.118 e. The van der Waals surface area contributed by atoms with Crippen LogP contribution in [-0.2, 0) is 6.54 Å². The first-order valence-electron chi connectivity index (χ1n) is 6.20. The van der Waals surface area contributed by atoms with Gasteiger partial charge in [0.05, 0.1) is 12.7 Å². The van der Waals surface area contributed by atoms with Crippen molar-refractivity contribution in [2.75, 3.05) is 7.11 Å². The molecule has 3 nitrogen and oxygen atoms in total. The van der Waals surface area contributed by atoms with E-state index in [9.17, 15) is 5.11 Å². The van der Waals surface area contributed by atoms with E-state index in [4.69, 9.17) is 4.74 Å². The molecule has 0 aliphatic heterocycles. The van der Waals surface area contributed by atoms with Gasteiger partial charge < -0.3 is 15.2 Å². The molecule has 1 aliphatic carbocycles. The van der Waals surface area contributed by atoms with Crippen LogP contribution in [-0.4, -0.2) is 23.9 Å². The average Bonchev–Trinajstić information content (AvgIpc) is 2.66. The lowest BCUT2D eigenvalue weighted by atomic mass is 10.0. The van der Waals surface area contributed by atoms with E-state index in [-0.39, 0.29) is 6.04 Å². The average molecular weight is 235 g/mol. The third kappa shape index (κ3) is 2.99. The van der Waals surface area contributed by atoms with Crippen LogP contribution in [0.5, 0.6) is 5.75 Å². The summed E-state index contributed by atoms with van der Waals surface area (Å²) in [5.74, 6) is 0.876. The fourth-order valence-corrected chi connectivity index (χ4v) is 2.46. The number of hydrogen-bond acceptors (Lipinski definition) is 3. The molecule has 0 aromatic heterocycles. The fourth-order valence-electron chi connectivity index (χ4n) is 2.46. The molecule has 0 saturated heterocycles. The molecule has 1 aromatic rings. The van der Waals surface area contributed by atoms with Gasteiger partial charge in [0.1, 0.15) is 5.75 Å². The molecule has 2 atom stereocenters. The largest absolute Gasteiger partial charge is 0.497 e. The van der Waals surface area contributed by atoms with Crippen molar-refractivity contribution in [2.45, 2.75) is 44.4 Å². The topological polar surface area (TPSA) is 41.5 Å². The standard InChI is InChI=1S/C14H21NO2/c1-14(16)9-3-4-13(14)15-10-11-5-7-12(17-2)8-6-11/h5-8,13,15-16H,3-4,9-10H2,1-2H3/t13-,14-/m1/s1. The van der Waals surface area contributed by atoms with Crippen LogP contribution in [0.1, 0.15) is 31.7 Å². The number of benzene rings is 1. The van der Waals surface area contributed by atoms with Crippen molar-refractivity contribution in [3.05, 3.63) is 29.8 Å². The first-order valence-corrected chi connectivity index (χ1v) is 6.20. The molecule has 0 amide bonds. The number of hydrogen-bond donors (Lipinski definition) is 2. The summed E-state index contributed by atoms with van der Waals surface area (Å²) in [6.45, 7) is 2.72. The highest BCUT2D eigenvalue weighted by molar-refractivity contribution is 5.27. The summed E-state index contributed by atoms with van der Waals surface area (Å²) in [5, 5.41) is 13.6. The van der Waals surface area contributed by atoms with Crippen molar-refractivity contribution >= 4 is 0 Å². The molecular weight excluding hydrogens is 214 g/mol. The number of aliphatic hydroxyl groups is 1. The molecule has 1 saturated carbocycles. The van der Waals surface area contributed by atoms with Gasteiger partial charge in [0.25, 0.3) is 0 Å². The molecule has 0 unspecified atom stereocenters. The molecule has 17 heavy (non-hydrogen) atoms. The van der Waals surface area contributed by atoms with Crippen molar-refractivity contribution in [2.24, 2.45) is 0 Å². The Morgan fingerprint density at radius 2 is 2.12 bits per heavy atom. The van der Waals surface area contributed by atoms with Crippen LogP contribution in [0.25, 0.3) is 0 Å². The molecule has 0 bridgehead atoms. The lowest BCUT2D eigenvalue weighted by Crippen LogP contribution is -2.44. The van der Waals surface area contributed by atoms with E-state index in [1.54, 1.807) is 7.11 Å². The van der Waals surface area contributed by atoms with Gasteiger partial charge >= 0.3 is 0 Å². The van der Waals surface area contributed by atoms with E-state index in [2.05, 4.69) is 17.4 Å². The Kier molecular flexibility index (Phi) is 3.69. The molecule has 1 fully saturated rings. The summed E-state index contributed by atoms with van der Waals surface area (Å²) in [7, 11) is 1.67. The highest BCUT2D eigenvalue weighted by Crippen LogP contribution is 2.29. The summed E-state index contributed by atoms with van der Waals surface area (Å²) < 4.78 is 5.12. The normalized spacial score (nSPS) is 28.3. The monoisotopic (exact) mass is 235 g/mol. The first-order chi connectivity index (χ1) is 8.12. The van der Waals surface area contributed by atoms with E-state index in [0.29, 0.717) is 0 Å². The molecule has 94 valence electrons. The predicted molar refractivity (Wildman–Crippen MR) is 68.1 cm³/mol. The number of methoxy groups -OCH3 is 1. The Balaban J connectivity index is 1.89. The van der Waals surface area contributed by atoms with Gasteiger partial charge in [0.15, 0.2) is 0 Å².